The summed E-state index contributed by atoms with van der Waals surface area (Å²) >= 11 is 0. The Morgan fingerprint density at radius 2 is 2.08 bits per heavy atom. The minimum atomic E-state index is -1.62. The Bertz CT molecular complexity index is 655. The number of benzene rings is 1. The number of guanidine groups is 1. The third-order valence-electron chi connectivity index (χ3n) is 3.85. The van der Waals surface area contributed by atoms with Gasteiger partial charge in [-0.1, -0.05) is 0 Å². The molecule has 1 saturated heterocycles. The highest BCUT2D eigenvalue weighted by Crippen LogP contribution is 2.19. The molecule has 1 atom stereocenters. The predicted octanol–water partition coefficient (Wildman–Crippen LogP) is 2.20. The summed E-state index contributed by atoms with van der Waals surface area (Å²) in [5, 5.41) is 5.03. The van der Waals surface area contributed by atoms with Gasteiger partial charge in [0.1, 0.15) is 0 Å². The predicted molar refractivity (Wildman–Crippen MR) is 103 cm³/mol. The second-order valence-electron chi connectivity index (χ2n) is 5.78. The first-order valence-corrected chi connectivity index (χ1v) is 7.85. The van der Waals surface area contributed by atoms with E-state index in [0.29, 0.717) is 18.5 Å². The van der Waals surface area contributed by atoms with E-state index < -0.39 is 29.0 Å². The van der Waals surface area contributed by atoms with Crippen LogP contribution < -0.4 is 10.6 Å². The zero-order chi connectivity index (χ0) is 18.4. The van der Waals surface area contributed by atoms with Crippen molar-refractivity contribution in [3.63, 3.8) is 0 Å². The van der Waals surface area contributed by atoms with Gasteiger partial charge in [-0.05, 0) is 18.6 Å². The van der Waals surface area contributed by atoms with Gasteiger partial charge in [-0.3, -0.25) is 9.79 Å². The van der Waals surface area contributed by atoms with Gasteiger partial charge in [-0.25, -0.2) is 13.2 Å². The van der Waals surface area contributed by atoms with Gasteiger partial charge < -0.3 is 20.3 Å². The van der Waals surface area contributed by atoms with Gasteiger partial charge in [0.05, 0.1) is 18.8 Å². The highest BCUT2D eigenvalue weighted by molar-refractivity contribution is 14.0. The zero-order valence-corrected chi connectivity index (χ0v) is 16.9. The van der Waals surface area contributed by atoms with Gasteiger partial charge in [0.15, 0.2) is 23.4 Å². The Morgan fingerprint density at radius 3 is 2.69 bits per heavy atom. The molecule has 2 N–H and O–H groups in total. The summed E-state index contributed by atoms with van der Waals surface area (Å²) in [6.45, 7) is 1.96. The standard InChI is InChI=1S/C16H21F3N4O2.HI/c1-20-16(23(2)8-10-5-6-25-9-10)21-7-13(24)22-12-4-3-11(17)14(18)15(12)19;/h3-4,10H,5-9H2,1-2H3,(H,20,21)(H,22,24);1H. The van der Waals surface area contributed by atoms with Crippen molar-refractivity contribution < 1.29 is 22.7 Å². The Labute approximate surface area is 167 Å². The molecule has 1 aromatic rings. The molecule has 1 aliphatic heterocycles. The van der Waals surface area contributed by atoms with Crippen molar-refractivity contribution in [2.45, 2.75) is 6.42 Å². The summed E-state index contributed by atoms with van der Waals surface area (Å²) in [5.41, 5.74) is -0.419. The lowest BCUT2D eigenvalue weighted by molar-refractivity contribution is -0.115. The topological polar surface area (TPSA) is 66.0 Å². The lowest BCUT2D eigenvalue weighted by Crippen LogP contribution is -2.44. The van der Waals surface area contributed by atoms with E-state index in [2.05, 4.69) is 15.6 Å². The van der Waals surface area contributed by atoms with Crippen molar-refractivity contribution in [3.8, 4) is 0 Å². The molecule has 1 aliphatic rings. The number of nitrogens with one attached hydrogen (secondary N) is 2. The lowest BCUT2D eigenvalue weighted by atomic mass is 10.1. The van der Waals surface area contributed by atoms with Crippen LogP contribution in [0.3, 0.4) is 0 Å². The summed E-state index contributed by atoms with van der Waals surface area (Å²) < 4.78 is 44.9. The van der Waals surface area contributed by atoms with Crippen LogP contribution >= 0.6 is 24.0 Å². The largest absolute Gasteiger partial charge is 0.381 e. The van der Waals surface area contributed by atoms with Gasteiger partial charge in [-0.2, -0.15) is 0 Å². The van der Waals surface area contributed by atoms with E-state index >= 15 is 0 Å². The number of rotatable bonds is 5. The number of aliphatic imine (C=N–C) groups is 1. The first-order chi connectivity index (χ1) is 11.9. The fourth-order valence-corrected chi connectivity index (χ4v) is 2.56. The van der Waals surface area contributed by atoms with Crippen LogP contribution in [-0.2, 0) is 9.53 Å². The third kappa shape index (κ3) is 6.01. The van der Waals surface area contributed by atoms with Gasteiger partial charge >= 0.3 is 0 Å². The molecular formula is C16H22F3IN4O2. The van der Waals surface area contributed by atoms with Crippen LogP contribution in [0.1, 0.15) is 6.42 Å². The maximum absolute atomic E-state index is 13.5. The quantitative estimate of drug-likeness (QED) is 0.290. The first-order valence-electron chi connectivity index (χ1n) is 7.85. The zero-order valence-electron chi connectivity index (χ0n) is 14.5. The number of halogens is 4. The number of nitrogens with zero attached hydrogens (tertiary/aromatic N) is 2. The van der Waals surface area contributed by atoms with Crippen LogP contribution in [0.15, 0.2) is 17.1 Å². The summed E-state index contributed by atoms with van der Waals surface area (Å²) in [6.07, 6.45) is 0.969. The molecule has 0 radical (unpaired) electrons. The average molecular weight is 486 g/mol. The third-order valence-corrected chi connectivity index (χ3v) is 3.85. The van der Waals surface area contributed by atoms with E-state index in [1.165, 1.54) is 0 Å². The molecule has 0 bridgehead atoms. The van der Waals surface area contributed by atoms with Crippen LogP contribution in [0.25, 0.3) is 0 Å². The van der Waals surface area contributed by atoms with Gasteiger partial charge in [0.25, 0.3) is 0 Å². The van der Waals surface area contributed by atoms with Gasteiger partial charge in [0, 0.05) is 33.2 Å². The average Bonchev–Trinajstić information content (AvgIpc) is 3.09. The van der Waals surface area contributed by atoms with Crippen molar-refractivity contribution >= 4 is 41.5 Å². The highest BCUT2D eigenvalue weighted by atomic mass is 127. The van der Waals surface area contributed by atoms with E-state index in [4.69, 9.17) is 4.74 Å². The Morgan fingerprint density at radius 1 is 1.35 bits per heavy atom. The van der Waals surface area contributed by atoms with Crippen molar-refractivity contribution in [2.75, 3.05) is 45.7 Å². The fraction of sp³-hybridized carbons (Fsp3) is 0.500. The second-order valence-corrected chi connectivity index (χ2v) is 5.78. The molecule has 1 amide bonds. The van der Waals surface area contributed by atoms with Crippen LogP contribution in [0.5, 0.6) is 0 Å². The number of carbonyl (C=O) groups excluding carboxylic acids is 1. The number of hydrogen-bond acceptors (Lipinski definition) is 3. The number of anilines is 1. The highest BCUT2D eigenvalue weighted by Gasteiger charge is 2.20. The molecule has 1 unspecified atom stereocenters. The van der Waals surface area contributed by atoms with Crippen molar-refractivity contribution in [1.82, 2.24) is 10.2 Å². The molecule has 0 aromatic heterocycles. The molecule has 146 valence electrons. The van der Waals surface area contributed by atoms with Gasteiger partial charge in [0.2, 0.25) is 5.91 Å². The molecule has 2 rings (SSSR count). The molecular weight excluding hydrogens is 464 g/mol. The van der Waals surface area contributed by atoms with E-state index in [9.17, 15) is 18.0 Å². The summed E-state index contributed by atoms with van der Waals surface area (Å²) in [7, 11) is 3.41. The van der Waals surface area contributed by atoms with E-state index in [0.717, 1.165) is 31.7 Å². The number of amides is 1. The second kappa shape index (κ2) is 10.6. The maximum atomic E-state index is 13.5. The van der Waals surface area contributed by atoms with E-state index in [-0.39, 0.29) is 30.5 Å². The maximum Gasteiger partial charge on any atom is 0.243 e. The SMILES string of the molecule is CN=C(NCC(=O)Nc1ccc(F)c(F)c1F)N(C)CC1CCOC1.I. The minimum Gasteiger partial charge on any atom is -0.381 e. The van der Waals surface area contributed by atoms with E-state index in [1.807, 2.05) is 11.9 Å². The molecule has 0 saturated carbocycles. The molecule has 0 spiro atoms. The molecule has 6 nitrogen and oxygen atoms in total. The fourth-order valence-electron chi connectivity index (χ4n) is 2.56. The normalized spacial score (nSPS) is 16.8. The number of carbonyl (C=O) groups is 1. The Hall–Kier alpha value is -1.56. The Kier molecular flexibility index (Phi) is 9.13. The monoisotopic (exact) mass is 486 g/mol. The smallest absolute Gasteiger partial charge is 0.243 e. The van der Waals surface area contributed by atoms with Gasteiger partial charge in [-0.15, -0.1) is 24.0 Å². The molecule has 0 aliphatic carbocycles. The number of hydrogen-bond donors (Lipinski definition) is 2. The molecule has 26 heavy (non-hydrogen) atoms. The molecule has 1 aromatic carbocycles. The Balaban J connectivity index is 0.00000338. The van der Waals surface area contributed by atoms with Crippen molar-refractivity contribution in [2.24, 2.45) is 10.9 Å². The lowest BCUT2D eigenvalue weighted by Gasteiger charge is -2.24. The van der Waals surface area contributed by atoms with Crippen molar-refractivity contribution in [1.29, 1.82) is 0 Å². The molecule has 1 heterocycles. The number of ether oxygens (including phenoxy) is 1. The summed E-state index contributed by atoms with van der Waals surface area (Å²) in [5.74, 6) is -4.09. The molecule has 1 fully saturated rings. The van der Waals surface area contributed by atoms with Crippen molar-refractivity contribution in [3.05, 3.63) is 29.6 Å². The van der Waals surface area contributed by atoms with Crippen LogP contribution in [-0.4, -0.2) is 57.2 Å². The van der Waals surface area contributed by atoms with Crippen LogP contribution in [0, 0.1) is 23.4 Å². The minimum absolute atomic E-state index is 0. The van der Waals surface area contributed by atoms with Crippen LogP contribution in [0.4, 0.5) is 18.9 Å². The van der Waals surface area contributed by atoms with Crippen LogP contribution in [0.2, 0.25) is 0 Å². The molecule has 10 heteroatoms. The first kappa shape index (κ1) is 22.5. The van der Waals surface area contributed by atoms with E-state index in [1.54, 1.807) is 7.05 Å². The summed E-state index contributed by atoms with van der Waals surface area (Å²) in [6, 6.07) is 1.71. The summed E-state index contributed by atoms with van der Waals surface area (Å²) in [4.78, 5) is 17.8.